The van der Waals surface area contributed by atoms with Crippen molar-refractivity contribution in [1.29, 1.82) is 0 Å². The van der Waals surface area contributed by atoms with Crippen molar-refractivity contribution in [3.63, 3.8) is 0 Å². The minimum atomic E-state index is -0.0500. The van der Waals surface area contributed by atoms with Crippen LogP contribution < -0.4 is 10.1 Å². The lowest BCUT2D eigenvalue weighted by Gasteiger charge is -2.41. The SMILES string of the molecule is Cc1cc(OCC(=O)N2CCC3NC(=O)CCC3C2)no1. The smallest absolute Gasteiger partial charge is 0.260 e. The third kappa shape index (κ3) is 3.17. The van der Waals surface area contributed by atoms with E-state index < -0.39 is 0 Å². The second-order valence-electron chi connectivity index (χ2n) is 5.67. The molecule has 1 aromatic heterocycles. The molecule has 0 bridgehead atoms. The van der Waals surface area contributed by atoms with E-state index in [-0.39, 0.29) is 24.5 Å². The minimum absolute atomic E-state index is 0.0320. The molecular weight excluding hydrogens is 274 g/mol. The number of carbonyl (C=O) groups is 2. The summed E-state index contributed by atoms with van der Waals surface area (Å²) in [4.78, 5) is 25.4. The lowest BCUT2D eigenvalue weighted by Crippen LogP contribution is -2.55. The van der Waals surface area contributed by atoms with Crippen molar-refractivity contribution < 1.29 is 18.8 Å². The van der Waals surface area contributed by atoms with Gasteiger partial charge in [-0.3, -0.25) is 9.59 Å². The Morgan fingerprint density at radius 1 is 1.57 bits per heavy atom. The molecular formula is C14H19N3O4. The predicted molar refractivity (Wildman–Crippen MR) is 72.6 cm³/mol. The van der Waals surface area contributed by atoms with Gasteiger partial charge in [-0.05, 0) is 30.8 Å². The van der Waals surface area contributed by atoms with Crippen LogP contribution in [-0.4, -0.2) is 47.6 Å². The highest BCUT2D eigenvalue weighted by atomic mass is 16.5. The van der Waals surface area contributed by atoms with E-state index in [4.69, 9.17) is 9.26 Å². The molecule has 0 saturated carbocycles. The summed E-state index contributed by atoms with van der Waals surface area (Å²) >= 11 is 0. The number of hydrogen-bond donors (Lipinski definition) is 1. The monoisotopic (exact) mass is 293 g/mol. The van der Waals surface area contributed by atoms with Gasteiger partial charge in [0.2, 0.25) is 5.91 Å². The average Bonchev–Trinajstić information content (AvgIpc) is 2.90. The van der Waals surface area contributed by atoms with Crippen LogP contribution in [0.4, 0.5) is 0 Å². The van der Waals surface area contributed by atoms with Crippen LogP contribution in [-0.2, 0) is 9.59 Å². The summed E-state index contributed by atoms with van der Waals surface area (Å²) < 4.78 is 10.2. The number of aryl methyl sites for hydroxylation is 1. The molecule has 2 aliphatic rings. The highest BCUT2D eigenvalue weighted by Gasteiger charge is 2.35. The number of amides is 2. The van der Waals surface area contributed by atoms with Crippen molar-refractivity contribution in [3.8, 4) is 5.88 Å². The molecule has 1 N–H and O–H groups in total. The number of hydrogen-bond acceptors (Lipinski definition) is 5. The van der Waals surface area contributed by atoms with Gasteiger partial charge in [0.15, 0.2) is 6.61 Å². The van der Waals surface area contributed by atoms with Crippen LogP contribution in [0.1, 0.15) is 25.0 Å². The molecule has 2 atom stereocenters. The van der Waals surface area contributed by atoms with Crippen LogP contribution in [0.3, 0.4) is 0 Å². The molecule has 7 heteroatoms. The Labute approximate surface area is 122 Å². The Hall–Kier alpha value is -2.05. The van der Waals surface area contributed by atoms with Crippen LogP contribution in [0.15, 0.2) is 10.6 Å². The van der Waals surface area contributed by atoms with Gasteiger partial charge in [-0.1, -0.05) is 0 Å². The molecule has 21 heavy (non-hydrogen) atoms. The van der Waals surface area contributed by atoms with Gasteiger partial charge in [0, 0.05) is 31.6 Å². The summed E-state index contributed by atoms with van der Waals surface area (Å²) in [5.74, 6) is 1.42. The van der Waals surface area contributed by atoms with Gasteiger partial charge >= 0.3 is 0 Å². The molecule has 0 aromatic carbocycles. The lowest BCUT2D eigenvalue weighted by molar-refractivity contribution is -0.136. The van der Waals surface area contributed by atoms with E-state index in [1.54, 1.807) is 13.0 Å². The van der Waals surface area contributed by atoms with Gasteiger partial charge in [0.1, 0.15) is 5.76 Å². The molecule has 1 aromatic rings. The zero-order chi connectivity index (χ0) is 14.8. The maximum atomic E-state index is 12.2. The summed E-state index contributed by atoms with van der Waals surface area (Å²) in [5, 5.41) is 6.70. The second-order valence-corrected chi connectivity index (χ2v) is 5.67. The molecule has 3 rings (SSSR count). The van der Waals surface area contributed by atoms with E-state index >= 15 is 0 Å². The van der Waals surface area contributed by atoms with Gasteiger partial charge in [-0.2, -0.15) is 0 Å². The summed E-state index contributed by atoms with van der Waals surface area (Å²) in [5.41, 5.74) is 0. The highest BCUT2D eigenvalue weighted by Crippen LogP contribution is 2.25. The topological polar surface area (TPSA) is 84.7 Å². The van der Waals surface area contributed by atoms with Gasteiger partial charge in [-0.15, -0.1) is 0 Å². The van der Waals surface area contributed by atoms with E-state index in [0.29, 0.717) is 37.1 Å². The Balaban J connectivity index is 1.50. The fourth-order valence-electron chi connectivity index (χ4n) is 2.98. The maximum absolute atomic E-state index is 12.2. The number of nitrogens with one attached hydrogen (secondary N) is 1. The standard InChI is InChI=1S/C14H19N3O4/c1-9-6-13(16-21-9)20-8-14(19)17-5-4-11-10(7-17)2-3-12(18)15-11/h6,10-11H,2-5,7-8H2,1H3,(H,15,18). The third-order valence-electron chi connectivity index (χ3n) is 4.13. The highest BCUT2D eigenvalue weighted by molar-refractivity contribution is 5.79. The van der Waals surface area contributed by atoms with Crippen molar-refractivity contribution in [3.05, 3.63) is 11.8 Å². The van der Waals surface area contributed by atoms with Gasteiger partial charge in [0.05, 0.1) is 0 Å². The van der Waals surface area contributed by atoms with E-state index in [2.05, 4.69) is 10.5 Å². The normalized spacial score (nSPS) is 25.2. The van der Waals surface area contributed by atoms with Crippen molar-refractivity contribution in [2.24, 2.45) is 5.92 Å². The molecule has 2 amide bonds. The van der Waals surface area contributed by atoms with Crippen molar-refractivity contribution in [1.82, 2.24) is 15.4 Å². The van der Waals surface area contributed by atoms with E-state index in [0.717, 1.165) is 12.8 Å². The molecule has 2 saturated heterocycles. The molecule has 0 aliphatic carbocycles. The third-order valence-corrected chi connectivity index (χ3v) is 4.13. The first-order chi connectivity index (χ1) is 10.1. The summed E-state index contributed by atoms with van der Waals surface area (Å²) in [7, 11) is 0. The Bertz CT molecular complexity index is 542. The van der Waals surface area contributed by atoms with Gasteiger partial charge in [0.25, 0.3) is 11.8 Å². The Kier molecular flexibility index (Phi) is 3.81. The number of carbonyl (C=O) groups excluding carboxylic acids is 2. The fraction of sp³-hybridized carbons (Fsp3) is 0.643. The molecule has 7 nitrogen and oxygen atoms in total. The number of ether oxygens (including phenoxy) is 1. The first-order valence-electron chi connectivity index (χ1n) is 7.25. The van der Waals surface area contributed by atoms with Crippen LogP contribution in [0, 0.1) is 12.8 Å². The van der Waals surface area contributed by atoms with Crippen LogP contribution in [0.2, 0.25) is 0 Å². The maximum Gasteiger partial charge on any atom is 0.260 e. The Morgan fingerprint density at radius 3 is 3.19 bits per heavy atom. The number of nitrogens with zero attached hydrogens (tertiary/aromatic N) is 2. The molecule has 3 heterocycles. The summed E-state index contributed by atoms with van der Waals surface area (Å²) in [6.07, 6.45) is 2.22. The van der Waals surface area contributed by atoms with Gasteiger partial charge < -0.3 is 19.5 Å². The van der Waals surface area contributed by atoms with Crippen LogP contribution >= 0.6 is 0 Å². The first-order valence-corrected chi connectivity index (χ1v) is 7.25. The number of rotatable bonds is 3. The number of aromatic nitrogens is 1. The van der Waals surface area contributed by atoms with E-state index in [9.17, 15) is 9.59 Å². The quantitative estimate of drug-likeness (QED) is 0.876. The lowest BCUT2D eigenvalue weighted by atomic mass is 9.85. The van der Waals surface area contributed by atoms with Gasteiger partial charge in [-0.25, -0.2) is 0 Å². The van der Waals surface area contributed by atoms with E-state index in [1.165, 1.54) is 0 Å². The van der Waals surface area contributed by atoms with Crippen molar-refractivity contribution >= 4 is 11.8 Å². The molecule has 2 unspecified atom stereocenters. The molecule has 114 valence electrons. The zero-order valence-corrected chi connectivity index (χ0v) is 12.0. The fourth-order valence-corrected chi connectivity index (χ4v) is 2.98. The zero-order valence-electron chi connectivity index (χ0n) is 12.0. The summed E-state index contributed by atoms with van der Waals surface area (Å²) in [6.45, 7) is 3.08. The minimum Gasteiger partial charge on any atom is -0.465 e. The number of piperidine rings is 2. The molecule has 2 fully saturated rings. The number of fused-ring (bicyclic) bond motifs is 1. The first kappa shape index (κ1) is 13.9. The Morgan fingerprint density at radius 2 is 2.43 bits per heavy atom. The summed E-state index contributed by atoms with van der Waals surface area (Å²) in [6, 6.07) is 1.87. The second kappa shape index (κ2) is 5.75. The average molecular weight is 293 g/mol. The van der Waals surface area contributed by atoms with E-state index in [1.807, 2.05) is 4.90 Å². The van der Waals surface area contributed by atoms with Crippen molar-refractivity contribution in [2.75, 3.05) is 19.7 Å². The van der Waals surface area contributed by atoms with Crippen LogP contribution in [0.5, 0.6) is 5.88 Å². The van der Waals surface area contributed by atoms with Crippen molar-refractivity contribution in [2.45, 2.75) is 32.2 Å². The molecule has 2 aliphatic heterocycles. The number of likely N-dealkylation sites (tertiary alicyclic amines) is 1. The van der Waals surface area contributed by atoms with Crippen LogP contribution in [0.25, 0.3) is 0 Å². The largest absolute Gasteiger partial charge is 0.465 e. The molecule has 0 radical (unpaired) electrons. The predicted octanol–water partition coefficient (Wildman–Crippen LogP) is 0.489. The molecule has 0 spiro atoms.